The van der Waals surface area contributed by atoms with Crippen LogP contribution in [0.1, 0.15) is 70.9 Å². The number of esters is 1. The molecule has 8 rings (SSSR count). The highest BCUT2D eigenvalue weighted by molar-refractivity contribution is 7.20. The molecule has 0 unspecified atom stereocenters. The largest absolute Gasteiger partial charge is 0.419 e. The lowest BCUT2D eigenvalue weighted by molar-refractivity contribution is -0.684. The van der Waals surface area contributed by atoms with Crippen molar-refractivity contribution in [2.24, 2.45) is 0 Å². The maximum Gasteiger partial charge on any atom is 0.416 e. The van der Waals surface area contributed by atoms with Crippen molar-refractivity contribution in [1.29, 1.82) is 0 Å². The number of carbonyl (C=O) groups is 2. The zero-order valence-corrected chi connectivity index (χ0v) is 42.6. The number of pyridine rings is 1. The number of alkyl halides is 24. The zero-order valence-electron chi connectivity index (χ0n) is 42.6. The van der Waals surface area contributed by atoms with Crippen molar-refractivity contribution in [2.45, 2.75) is 62.9 Å². The van der Waals surface area contributed by atoms with Gasteiger partial charge in [-0.1, -0.05) is 115 Å². The predicted molar refractivity (Wildman–Crippen MR) is 261 cm³/mol. The van der Waals surface area contributed by atoms with E-state index in [1.54, 1.807) is 35.0 Å². The Morgan fingerprint density at radius 1 is 0.384 bits per heavy atom. The van der Waals surface area contributed by atoms with Gasteiger partial charge >= 0.3 is 55.4 Å². The molecule has 454 valence electrons. The SMILES string of the molecule is Cc1ccc(OC(=O)c2c3ccccc3cc[n+]2CC(=O)c2ccccc2)cc1.FC(F)(F)c1cc([B-](c2cc(C(F)(F)F)cc(C(F)(F)F)c2)(c2cc(C(F)(F)F)cc(C(F)(F)F)c2)c2cc(C(F)(F)F)cc(C(F)(F)F)c2)cc(C(F)(F)F)c1. The normalized spacial score (nSPS) is 13.1. The number of ether oxygens (including phenoxy) is 1. The summed E-state index contributed by atoms with van der Waals surface area (Å²) >= 11 is 0. The van der Waals surface area contributed by atoms with Crippen LogP contribution in [0.25, 0.3) is 10.8 Å². The van der Waals surface area contributed by atoms with Crippen molar-refractivity contribution >= 4 is 50.5 Å². The second-order valence-corrected chi connectivity index (χ2v) is 19.1. The van der Waals surface area contributed by atoms with Crippen LogP contribution < -0.4 is 31.2 Å². The molecule has 0 spiro atoms. The Labute approximate surface area is 467 Å². The molecule has 0 fully saturated rings. The minimum Gasteiger partial charge on any atom is -0.419 e. The van der Waals surface area contributed by atoms with Crippen LogP contribution >= 0.6 is 0 Å². The summed E-state index contributed by atoms with van der Waals surface area (Å²) in [5.41, 5.74) is -28.2. The number of hydrogen-bond donors (Lipinski definition) is 0. The highest BCUT2D eigenvalue weighted by atomic mass is 19.4. The molecular weight excluding hydrogens is 1210 g/mol. The second-order valence-electron chi connectivity index (χ2n) is 19.1. The fourth-order valence-electron chi connectivity index (χ4n) is 9.32. The Bertz CT molecular complexity index is 3380. The lowest BCUT2D eigenvalue weighted by atomic mass is 9.12. The van der Waals surface area contributed by atoms with Gasteiger partial charge in [0.1, 0.15) is 11.9 Å². The minimum absolute atomic E-state index is 0.0488. The van der Waals surface area contributed by atoms with E-state index >= 15 is 0 Å². The molecule has 0 saturated heterocycles. The van der Waals surface area contributed by atoms with Gasteiger partial charge in [-0.25, -0.2) is 4.79 Å². The van der Waals surface area contributed by atoms with Gasteiger partial charge in [0.25, 0.3) is 5.69 Å². The third-order valence-electron chi connectivity index (χ3n) is 13.2. The summed E-state index contributed by atoms with van der Waals surface area (Å²) in [5, 5.41) is 1.65. The molecule has 0 aliphatic heterocycles. The van der Waals surface area contributed by atoms with Crippen LogP contribution in [0.15, 0.2) is 164 Å². The highest BCUT2D eigenvalue weighted by Crippen LogP contribution is 2.42. The molecule has 7 aromatic carbocycles. The Kier molecular flexibility index (Phi) is 17.4. The van der Waals surface area contributed by atoms with E-state index in [2.05, 4.69) is 0 Å². The molecule has 0 bridgehead atoms. The molecule has 0 atom stereocenters. The molecule has 4 nitrogen and oxygen atoms in total. The third kappa shape index (κ3) is 14.6. The van der Waals surface area contributed by atoms with Gasteiger partial charge in [0.05, 0.1) is 49.9 Å². The minimum atomic E-state index is -6.13. The molecule has 0 radical (unpaired) electrons. The van der Waals surface area contributed by atoms with Crippen molar-refractivity contribution in [3.05, 3.63) is 225 Å². The van der Waals surface area contributed by atoms with Crippen molar-refractivity contribution in [2.75, 3.05) is 0 Å². The molecule has 29 heteroatoms. The first-order chi connectivity index (χ1) is 39.4. The number of hydrogen-bond acceptors (Lipinski definition) is 3. The maximum absolute atomic E-state index is 14.2. The summed E-state index contributed by atoms with van der Waals surface area (Å²) in [6, 6.07) is 17.0. The summed E-state index contributed by atoms with van der Waals surface area (Å²) in [7, 11) is 0. The van der Waals surface area contributed by atoms with Gasteiger partial charge in [-0.3, -0.25) is 4.79 Å². The Hall–Kier alpha value is -8.53. The molecule has 0 amide bonds. The van der Waals surface area contributed by atoms with Crippen LogP contribution in [0.4, 0.5) is 105 Å². The molecule has 1 aromatic heterocycles. The van der Waals surface area contributed by atoms with Crippen molar-refractivity contribution in [3.8, 4) is 5.75 Å². The Balaban J connectivity index is 0.000000302. The van der Waals surface area contributed by atoms with Crippen molar-refractivity contribution in [1.82, 2.24) is 0 Å². The van der Waals surface area contributed by atoms with E-state index in [-0.39, 0.29) is 12.3 Å². The van der Waals surface area contributed by atoms with Gasteiger partial charge in [0.15, 0.2) is 6.20 Å². The van der Waals surface area contributed by atoms with Gasteiger partial charge in [0, 0.05) is 11.6 Å². The lowest BCUT2D eigenvalue weighted by Crippen LogP contribution is -2.75. The van der Waals surface area contributed by atoms with Gasteiger partial charge in [-0.05, 0) is 54.8 Å². The van der Waals surface area contributed by atoms with Gasteiger partial charge in [-0.15, -0.1) is 0 Å². The number of benzene rings is 7. The number of fused-ring (bicyclic) bond motifs is 1. The standard InChI is InChI=1S/C32H12BF24.C25H20NO3/c34-25(35,36)13-1-14(26(37,38)39)6-21(5-13)33(22-7-15(27(40,41)42)2-16(8-22)28(43,44)45,23-9-17(29(46,47)48)3-18(10-23)30(49,50)51)24-11-19(31(52,53)54)4-20(12-24)32(55,56)57;1-18-11-13-21(14-12-18)29-25(28)24-22-10-6-5-7-19(22)15-16-26(24)17-23(27)20-8-3-2-4-9-20/h1-12H;2-16H,17H2,1H3/q-1;+1. The van der Waals surface area contributed by atoms with Gasteiger partial charge < -0.3 is 4.74 Å². The van der Waals surface area contributed by atoms with Gasteiger partial charge in [0.2, 0.25) is 12.3 Å². The molecule has 8 aromatic rings. The average molecular weight is 1250 g/mol. The fourth-order valence-corrected chi connectivity index (χ4v) is 9.32. The number of aryl methyl sites for hydroxylation is 1. The number of carbonyl (C=O) groups excluding carboxylic acids is 2. The van der Waals surface area contributed by atoms with E-state index in [1.807, 2.05) is 67.6 Å². The van der Waals surface area contributed by atoms with Gasteiger partial charge in [-0.2, -0.15) is 132 Å². The lowest BCUT2D eigenvalue weighted by Gasteiger charge is -2.46. The first-order valence-corrected chi connectivity index (χ1v) is 24.0. The summed E-state index contributed by atoms with van der Waals surface area (Å²) < 4.78 is 348. The Morgan fingerprint density at radius 2 is 0.686 bits per heavy atom. The predicted octanol–water partition coefficient (Wildman–Crippen LogP) is 15.8. The Morgan fingerprint density at radius 3 is 1.00 bits per heavy atom. The smallest absolute Gasteiger partial charge is 0.416 e. The van der Waals surface area contributed by atoms with Crippen LogP contribution in [0, 0.1) is 6.92 Å². The average Bonchev–Trinajstić information content (AvgIpc) is 0.724. The summed E-state index contributed by atoms with van der Waals surface area (Å²) in [4.78, 5) is 25.8. The summed E-state index contributed by atoms with van der Waals surface area (Å²) in [6.45, 7) is 2.02. The number of rotatable bonds is 9. The number of ketones is 1. The van der Waals surface area contributed by atoms with E-state index in [4.69, 9.17) is 4.74 Å². The molecule has 0 N–H and O–H groups in total. The fraction of sp³-hybridized carbons (Fsp3) is 0.175. The quantitative estimate of drug-likeness (QED) is 0.0361. The monoisotopic (exact) mass is 1250 g/mol. The summed E-state index contributed by atoms with van der Waals surface area (Å²) in [6.07, 6.45) is -53.0. The van der Waals surface area contributed by atoms with Crippen LogP contribution in [0.2, 0.25) is 0 Å². The van der Waals surface area contributed by atoms with Crippen molar-refractivity contribution < 1.29 is 124 Å². The van der Waals surface area contributed by atoms with Crippen LogP contribution in [0.5, 0.6) is 5.75 Å². The van der Waals surface area contributed by atoms with E-state index in [1.165, 1.54) is 0 Å². The first-order valence-electron chi connectivity index (χ1n) is 24.0. The topological polar surface area (TPSA) is 47.2 Å². The van der Waals surface area contributed by atoms with Crippen molar-refractivity contribution in [3.63, 3.8) is 0 Å². The number of nitrogens with zero attached hydrogens (tertiary/aromatic N) is 1. The third-order valence-corrected chi connectivity index (χ3v) is 13.2. The second kappa shape index (κ2) is 23.1. The number of Topliss-reactive ketones (excluding diaryl/α,β-unsaturated/α-hetero) is 1. The molecule has 1 heterocycles. The van der Waals surface area contributed by atoms with Crippen LogP contribution in [0.3, 0.4) is 0 Å². The van der Waals surface area contributed by atoms with Crippen LogP contribution in [-0.4, -0.2) is 17.9 Å². The maximum atomic E-state index is 14.2. The molecular formula is C57H32BF24NO3. The van der Waals surface area contributed by atoms with Crippen LogP contribution in [-0.2, 0) is 56.0 Å². The molecule has 0 saturated carbocycles. The molecule has 0 aliphatic carbocycles. The van der Waals surface area contributed by atoms with E-state index in [9.17, 15) is 115 Å². The zero-order chi connectivity index (χ0) is 64.1. The van der Waals surface area contributed by atoms with E-state index in [0.29, 0.717) is 17.0 Å². The molecule has 0 aliphatic rings. The molecule has 86 heavy (non-hydrogen) atoms. The number of halogens is 24. The summed E-state index contributed by atoms with van der Waals surface area (Å²) in [5.74, 6) is -0.101. The number of aromatic nitrogens is 1. The first kappa shape index (κ1) is 65.0. The highest BCUT2D eigenvalue weighted by Gasteiger charge is 2.47. The van der Waals surface area contributed by atoms with E-state index in [0.717, 1.165) is 16.3 Å². The van der Waals surface area contributed by atoms with E-state index < -0.39 is 201 Å².